The smallest absolute Gasteiger partial charge is 0.222 e. The summed E-state index contributed by atoms with van der Waals surface area (Å²) in [6.07, 6.45) is 5.12. The van der Waals surface area contributed by atoms with Gasteiger partial charge in [-0.1, -0.05) is 6.92 Å². The molecule has 3 nitrogen and oxygen atoms in total. The summed E-state index contributed by atoms with van der Waals surface area (Å²) >= 11 is 0. The summed E-state index contributed by atoms with van der Waals surface area (Å²) in [5.74, 6) is 0.289. The van der Waals surface area contributed by atoms with E-state index in [1.54, 1.807) is 0 Å². The van der Waals surface area contributed by atoms with Crippen molar-refractivity contribution < 1.29 is 9.59 Å². The highest BCUT2D eigenvalue weighted by Gasteiger charge is 2.21. The monoisotopic (exact) mass is 182 g/mol. The predicted octanol–water partition coefficient (Wildman–Crippen LogP) is 1.13. The molecule has 13 heavy (non-hydrogen) atoms. The molecule has 0 spiro atoms. The third kappa shape index (κ3) is 2.83. The van der Waals surface area contributed by atoms with Crippen LogP contribution in [0.5, 0.6) is 0 Å². The van der Waals surface area contributed by atoms with Crippen molar-refractivity contribution in [1.29, 1.82) is 0 Å². The van der Waals surface area contributed by atoms with Crippen LogP contribution in [0.25, 0.3) is 0 Å². The second-order valence-electron chi connectivity index (χ2n) is 3.52. The molecule has 1 radical (unpaired) electrons. The van der Waals surface area contributed by atoms with Crippen molar-refractivity contribution in [3.63, 3.8) is 0 Å². The number of piperidine rings is 1. The number of carbonyl (C=O) groups is 1. The lowest BCUT2D eigenvalue weighted by Gasteiger charge is -2.29. The van der Waals surface area contributed by atoms with Gasteiger partial charge in [0.05, 0.1) is 0 Å². The first kappa shape index (κ1) is 10.2. The average molecular weight is 182 g/mol. The second kappa shape index (κ2) is 5.00. The molecule has 0 aromatic heterocycles. The zero-order valence-electron chi connectivity index (χ0n) is 8.08. The lowest BCUT2D eigenvalue weighted by Crippen LogP contribution is -2.38. The van der Waals surface area contributed by atoms with Crippen molar-refractivity contribution in [2.24, 2.45) is 5.92 Å². The van der Waals surface area contributed by atoms with Gasteiger partial charge < -0.3 is 4.90 Å². The topological polar surface area (TPSA) is 37.4 Å². The van der Waals surface area contributed by atoms with E-state index in [0.29, 0.717) is 6.42 Å². The molecular formula is C10H16NO2. The van der Waals surface area contributed by atoms with E-state index in [4.69, 9.17) is 0 Å². The minimum atomic E-state index is 0.0608. The Hall–Kier alpha value is -0.860. The summed E-state index contributed by atoms with van der Waals surface area (Å²) in [7, 11) is 0. The van der Waals surface area contributed by atoms with E-state index in [2.05, 4.69) is 0 Å². The lowest BCUT2D eigenvalue weighted by molar-refractivity contribution is -0.132. The van der Waals surface area contributed by atoms with Crippen molar-refractivity contribution in [2.75, 3.05) is 13.1 Å². The van der Waals surface area contributed by atoms with Crippen LogP contribution in [-0.4, -0.2) is 30.2 Å². The Kier molecular flexibility index (Phi) is 3.93. The summed E-state index contributed by atoms with van der Waals surface area (Å²) in [4.78, 5) is 23.6. The quantitative estimate of drug-likeness (QED) is 0.656. The van der Waals surface area contributed by atoms with Gasteiger partial charge >= 0.3 is 0 Å². The fourth-order valence-electron chi connectivity index (χ4n) is 1.62. The van der Waals surface area contributed by atoms with Crippen LogP contribution in [0.15, 0.2) is 0 Å². The lowest BCUT2D eigenvalue weighted by atomic mass is 9.98. The summed E-state index contributed by atoms with van der Waals surface area (Å²) in [6.45, 7) is 3.47. The molecule has 1 heterocycles. The maximum atomic E-state index is 11.4. The second-order valence-corrected chi connectivity index (χ2v) is 3.52. The van der Waals surface area contributed by atoms with E-state index in [1.165, 1.54) is 0 Å². The van der Waals surface area contributed by atoms with Crippen LogP contribution in [-0.2, 0) is 9.59 Å². The molecule has 0 aromatic carbocycles. The van der Waals surface area contributed by atoms with Crippen LogP contribution in [0.2, 0.25) is 0 Å². The Morgan fingerprint density at radius 3 is 2.54 bits per heavy atom. The van der Waals surface area contributed by atoms with Crippen LogP contribution < -0.4 is 0 Å². The molecule has 1 aliphatic heterocycles. The third-order valence-corrected chi connectivity index (χ3v) is 2.48. The van der Waals surface area contributed by atoms with E-state index in [9.17, 15) is 9.59 Å². The van der Waals surface area contributed by atoms with Gasteiger partial charge in [-0.25, -0.2) is 0 Å². The Labute approximate surface area is 79.1 Å². The van der Waals surface area contributed by atoms with Crippen LogP contribution in [0, 0.1) is 5.92 Å². The van der Waals surface area contributed by atoms with Crippen LogP contribution in [0.4, 0.5) is 0 Å². The summed E-state index contributed by atoms with van der Waals surface area (Å²) in [5, 5.41) is 0. The first-order valence-electron chi connectivity index (χ1n) is 4.93. The molecule has 0 atom stereocenters. The zero-order chi connectivity index (χ0) is 9.68. The standard InChI is InChI=1S/C10H16NO2/c1-2-3-10(13)11-6-4-9(8-12)5-7-11/h9H,2-7H2,1H3. The van der Waals surface area contributed by atoms with Crippen LogP contribution in [0.1, 0.15) is 32.6 Å². The van der Waals surface area contributed by atoms with E-state index in [1.807, 2.05) is 18.1 Å². The molecule has 0 aromatic rings. The molecule has 0 aliphatic carbocycles. The van der Waals surface area contributed by atoms with Crippen LogP contribution >= 0.6 is 0 Å². The number of rotatable bonds is 3. The highest BCUT2D eigenvalue weighted by atomic mass is 16.2. The fourth-order valence-corrected chi connectivity index (χ4v) is 1.62. The van der Waals surface area contributed by atoms with E-state index in [0.717, 1.165) is 32.4 Å². The first-order chi connectivity index (χ1) is 6.27. The largest absolute Gasteiger partial charge is 0.343 e. The first-order valence-corrected chi connectivity index (χ1v) is 4.93. The van der Waals surface area contributed by atoms with Gasteiger partial charge in [0.2, 0.25) is 12.2 Å². The Morgan fingerprint density at radius 2 is 2.08 bits per heavy atom. The number of hydrogen-bond donors (Lipinski definition) is 0. The molecule has 0 N–H and O–H groups in total. The third-order valence-electron chi connectivity index (χ3n) is 2.48. The highest BCUT2D eigenvalue weighted by molar-refractivity contribution is 5.76. The SMILES string of the molecule is CCCC(=O)N1CCC([C]=O)CC1. The van der Waals surface area contributed by atoms with Gasteiger partial charge in [0.25, 0.3) is 0 Å². The minimum Gasteiger partial charge on any atom is -0.343 e. The summed E-state index contributed by atoms with van der Waals surface area (Å²) in [5.41, 5.74) is 0. The molecule has 1 saturated heterocycles. The number of hydrogen-bond acceptors (Lipinski definition) is 2. The molecular weight excluding hydrogens is 166 g/mol. The number of nitrogens with zero attached hydrogens (tertiary/aromatic N) is 1. The van der Waals surface area contributed by atoms with Crippen molar-refractivity contribution in [3.05, 3.63) is 0 Å². The van der Waals surface area contributed by atoms with Gasteiger partial charge in [0.1, 0.15) is 0 Å². The molecule has 3 heteroatoms. The van der Waals surface area contributed by atoms with E-state index >= 15 is 0 Å². The molecule has 0 saturated carbocycles. The van der Waals surface area contributed by atoms with Gasteiger partial charge in [-0.2, -0.15) is 0 Å². The average Bonchev–Trinajstić information content (AvgIpc) is 2.18. The zero-order valence-corrected chi connectivity index (χ0v) is 8.08. The van der Waals surface area contributed by atoms with E-state index < -0.39 is 0 Å². The number of likely N-dealkylation sites (tertiary alicyclic amines) is 1. The van der Waals surface area contributed by atoms with Gasteiger partial charge in [-0.05, 0) is 19.3 Å². The Bertz CT molecular complexity index is 183. The van der Waals surface area contributed by atoms with Gasteiger partial charge in [-0.3, -0.25) is 9.59 Å². The molecule has 0 bridgehead atoms. The van der Waals surface area contributed by atoms with Crippen LogP contribution in [0.3, 0.4) is 0 Å². The van der Waals surface area contributed by atoms with Gasteiger partial charge in [-0.15, -0.1) is 0 Å². The molecule has 1 amide bonds. The maximum Gasteiger partial charge on any atom is 0.222 e. The Morgan fingerprint density at radius 1 is 1.46 bits per heavy atom. The Balaban J connectivity index is 2.31. The number of carbonyl (C=O) groups excluding carboxylic acids is 2. The van der Waals surface area contributed by atoms with Crippen molar-refractivity contribution in [1.82, 2.24) is 4.90 Å². The molecule has 73 valence electrons. The summed E-state index contributed by atoms with van der Waals surface area (Å²) in [6, 6.07) is 0. The fraction of sp³-hybridized carbons (Fsp3) is 0.800. The molecule has 1 aliphatic rings. The van der Waals surface area contributed by atoms with Crippen molar-refractivity contribution in [2.45, 2.75) is 32.6 Å². The highest BCUT2D eigenvalue weighted by Crippen LogP contribution is 2.15. The normalized spacial score (nSPS) is 18.7. The predicted molar refractivity (Wildman–Crippen MR) is 49.9 cm³/mol. The summed E-state index contributed by atoms with van der Waals surface area (Å²) < 4.78 is 0. The molecule has 0 unspecified atom stereocenters. The van der Waals surface area contributed by atoms with Crippen molar-refractivity contribution >= 4 is 12.2 Å². The van der Waals surface area contributed by atoms with E-state index in [-0.39, 0.29) is 11.8 Å². The van der Waals surface area contributed by atoms with Gasteiger partial charge in [0, 0.05) is 25.4 Å². The molecule has 1 fully saturated rings. The minimum absolute atomic E-state index is 0.0608. The van der Waals surface area contributed by atoms with Gasteiger partial charge in [0.15, 0.2) is 0 Å². The maximum absolute atomic E-state index is 11.4. The molecule has 1 rings (SSSR count). The number of amides is 1. The van der Waals surface area contributed by atoms with Crippen molar-refractivity contribution in [3.8, 4) is 0 Å².